The quantitative estimate of drug-likeness (QED) is 0.874. The maximum absolute atomic E-state index is 12.5. The van der Waals surface area contributed by atoms with Crippen molar-refractivity contribution in [2.24, 2.45) is 5.92 Å². The maximum atomic E-state index is 12.5. The Morgan fingerprint density at radius 2 is 2.14 bits per heavy atom. The predicted octanol–water partition coefficient (Wildman–Crippen LogP) is 2.03. The Bertz CT molecular complexity index is 511. The SMILES string of the molecule is COc1ccc(C)cc1NC(=O)C(C)N1CCC(CO)CC1. The third kappa shape index (κ3) is 3.99. The number of anilines is 1. The molecule has 2 rings (SSSR count). The van der Waals surface area contributed by atoms with Gasteiger partial charge >= 0.3 is 0 Å². The van der Waals surface area contributed by atoms with Gasteiger partial charge in [-0.1, -0.05) is 6.07 Å². The summed E-state index contributed by atoms with van der Waals surface area (Å²) < 4.78 is 5.30. The minimum absolute atomic E-state index is 0.0219. The molecule has 0 spiro atoms. The molecule has 22 heavy (non-hydrogen) atoms. The number of methoxy groups -OCH3 is 1. The zero-order chi connectivity index (χ0) is 16.1. The van der Waals surface area contributed by atoms with E-state index in [1.165, 1.54) is 0 Å². The predicted molar refractivity (Wildman–Crippen MR) is 87.2 cm³/mol. The van der Waals surface area contributed by atoms with Crippen LogP contribution in [0.4, 0.5) is 5.69 Å². The Hall–Kier alpha value is -1.59. The van der Waals surface area contributed by atoms with Crippen molar-refractivity contribution in [2.45, 2.75) is 32.7 Å². The lowest BCUT2D eigenvalue weighted by Gasteiger charge is -2.34. The highest BCUT2D eigenvalue weighted by Gasteiger charge is 2.26. The first-order chi connectivity index (χ1) is 10.5. The van der Waals surface area contributed by atoms with Gasteiger partial charge in [0.2, 0.25) is 5.91 Å². The molecule has 0 aliphatic carbocycles. The summed E-state index contributed by atoms with van der Waals surface area (Å²) in [6.07, 6.45) is 1.89. The summed E-state index contributed by atoms with van der Waals surface area (Å²) in [5, 5.41) is 12.2. The number of nitrogens with zero attached hydrogens (tertiary/aromatic N) is 1. The average molecular weight is 306 g/mol. The van der Waals surface area contributed by atoms with Crippen molar-refractivity contribution in [1.29, 1.82) is 0 Å². The van der Waals surface area contributed by atoms with Crippen LogP contribution in [0.2, 0.25) is 0 Å². The van der Waals surface area contributed by atoms with Crippen molar-refractivity contribution >= 4 is 11.6 Å². The molecule has 5 nitrogen and oxygen atoms in total. The number of hydrogen-bond donors (Lipinski definition) is 2. The average Bonchev–Trinajstić information content (AvgIpc) is 2.54. The molecule has 0 radical (unpaired) electrons. The number of likely N-dealkylation sites (tertiary alicyclic amines) is 1. The number of piperidine rings is 1. The lowest BCUT2D eigenvalue weighted by atomic mass is 9.97. The fraction of sp³-hybridized carbons (Fsp3) is 0.588. The van der Waals surface area contributed by atoms with Gasteiger partial charge in [0.05, 0.1) is 18.8 Å². The van der Waals surface area contributed by atoms with Crippen LogP contribution in [0, 0.1) is 12.8 Å². The summed E-state index contributed by atoms with van der Waals surface area (Å²) in [6.45, 7) is 5.86. The van der Waals surface area contributed by atoms with E-state index in [2.05, 4.69) is 10.2 Å². The number of aliphatic hydroxyl groups excluding tert-OH is 1. The molecule has 122 valence electrons. The Labute approximate surface area is 132 Å². The van der Waals surface area contributed by atoms with Gasteiger partial charge in [-0.2, -0.15) is 0 Å². The molecule has 5 heteroatoms. The molecule has 1 aromatic rings. The van der Waals surface area contributed by atoms with Crippen LogP contribution in [0.5, 0.6) is 5.75 Å². The third-order valence-electron chi connectivity index (χ3n) is 4.45. The molecule has 1 aromatic carbocycles. The van der Waals surface area contributed by atoms with Gasteiger partial charge < -0.3 is 15.2 Å². The van der Waals surface area contributed by atoms with E-state index in [-0.39, 0.29) is 18.6 Å². The summed E-state index contributed by atoms with van der Waals surface area (Å²) in [5.74, 6) is 1.03. The molecule has 1 aliphatic rings. The Morgan fingerprint density at radius 3 is 2.73 bits per heavy atom. The highest BCUT2D eigenvalue weighted by Crippen LogP contribution is 2.26. The Kier molecular flexibility index (Phi) is 5.80. The summed E-state index contributed by atoms with van der Waals surface area (Å²) >= 11 is 0. The topological polar surface area (TPSA) is 61.8 Å². The normalized spacial score (nSPS) is 18.0. The molecule has 1 amide bonds. The van der Waals surface area contributed by atoms with E-state index >= 15 is 0 Å². The Morgan fingerprint density at radius 1 is 1.45 bits per heavy atom. The van der Waals surface area contributed by atoms with E-state index in [4.69, 9.17) is 4.74 Å². The number of hydrogen-bond acceptors (Lipinski definition) is 4. The van der Waals surface area contributed by atoms with Crippen LogP contribution in [0.1, 0.15) is 25.3 Å². The number of ether oxygens (including phenoxy) is 1. The lowest BCUT2D eigenvalue weighted by molar-refractivity contribution is -0.121. The zero-order valence-corrected chi connectivity index (χ0v) is 13.6. The maximum Gasteiger partial charge on any atom is 0.241 e. The first kappa shape index (κ1) is 16.8. The molecule has 1 saturated heterocycles. The number of aryl methyl sites for hydroxylation is 1. The highest BCUT2D eigenvalue weighted by molar-refractivity contribution is 5.95. The molecule has 0 bridgehead atoms. The van der Waals surface area contributed by atoms with Crippen molar-refractivity contribution in [3.05, 3.63) is 23.8 Å². The lowest BCUT2D eigenvalue weighted by Crippen LogP contribution is -2.46. The van der Waals surface area contributed by atoms with Gasteiger partial charge in [-0.3, -0.25) is 9.69 Å². The monoisotopic (exact) mass is 306 g/mol. The van der Waals surface area contributed by atoms with Gasteiger partial charge in [-0.05, 0) is 63.4 Å². The Balaban J connectivity index is 1.98. The summed E-state index contributed by atoms with van der Waals surface area (Å²) in [6, 6.07) is 5.55. The van der Waals surface area contributed by atoms with Crippen molar-refractivity contribution in [3.63, 3.8) is 0 Å². The molecule has 0 saturated carbocycles. The van der Waals surface area contributed by atoms with Gasteiger partial charge in [0.15, 0.2) is 0 Å². The fourth-order valence-electron chi connectivity index (χ4n) is 2.85. The molecule has 1 unspecified atom stereocenters. The molecule has 2 N–H and O–H groups in total. The van der Waals surface area contributed by atoms with Gasteiger partial charge in [-0.15, -0.1) is 0 Å². The van der Waals surface area contributed by atoms with E-state index in [1.54, 1.807) is 7.11 Å². The van der Waals surface area contributed by atoms with Gasteiger partial charge in [0, 0.05) is 6.61 Å². The van der Waals surface area contributed by atoms with Crippen molar-refractivity contribution < 1.29 is 14.6 Å². The number of rotatable bonds is 5. The second-order valence-corrected chi connectivity index (χ2v) is 6.03. The van der Waals surface area contributed by atoms with Crippen LogP contribution in [0.3, 0.4) is 0 Å². The van der Waals surface area contributed by atoms with Gasteiger partial charge in [0.1, 0.15) is 5.75 Å². The minimum Gasteiger partial charge on any atom is -0.495 e. The first-order valence-corrected chi connectivity index (χ1v) is 7.85. The summed E-state index contributed by atoms with van der Waals surface area (Å²) in [7, 11) is 1.60. The van der Waals surface area contributed by atoms with Gasteiger partial charge in [-0.25, -0.2) is 0 Å². The van der Waals surface area contributed by atoms with E-state index in [0.717, 1.165) is 31.5 Å². The van der Waals surface area contributed by atoms with Crippen LogP contribution >= 0.6 is 0 Å². The highest BCUT2D eigenvalue weighted by atomic mass is 16.5. The second-order valence-electron chi connectivity index (χ2n) is 6.03. The van der Waals surface area contributed by atoms with Crippen LogP contribution in [0.25, 0.3) is 0 Å². The number of carbonyl (C=O) groups is 1. The van der Waals surface area contributed by atoms with E-state index in [0.29, 0.717) is 17.4 Å². The molecule has 1 atom stereocenters. The van der Waals surface area contributed by atoms with Gasteiger partial charge in [0.25, 0.3) is 0 Å². The van der Waals surface area contributed by atoms with Crippen molar-refractivity contribution in [3.8, 4) is 5.75 Å². The smallest absolute Gasteiger partial charge is 0.241 e. The zero-order valence-electron chi connectivity index (χ0n) is 13.6. The summed E-state index contributed by atoms with van der Waals surface area (Å²) in [4.78, 5) is 14.7. The number of aliphatic hydroxyl groups is 1. The standard InChI is InChI=1S/C17H26N2O3/c1-12-4-5-16(22-3)15(10-12)18-17(21)13(2)19-8-6-14(11-20)7-9-19/h4-5,10,13-14,20H,6-9,11H2,1-3H3,(H,18,21). The third-order valence-corrected chi connectivity index (χ3v) is 4.45. The minimum atomic E-state index is -0.190. The fourth-order valence-corrected chi connectivity index (χ4v) is 2.85. The van der Waals surface area contributed by atoms with Crippen LogP contribution in [-0.2, 0) is 4.79 Å². The molecule has 1 aliphatic heterocycles. The number of carbonyl (C=O) groups excluding carboxylic acids is 1. The van der Waals surface area contributed by atoms with Crippen LogP contribution in [-0.4, -0.2) is 48.8 Å². The van der Waals surface area contributed by atoms with Crippen LogP contribution < -0.4 is 10.1 Å². The van der Waals surface area contributed by atoms with E-state index in [9.17, 15) is 9.90 Å². The molecular weight excluding hydrogens is 280 g/mol. The molecule has 1 fully saturated rings. The number of amides is 1. The summed E-state index contributed by atoms with van der Waals surface area (Å²) in [5.41, 5.74) is 1.79. The second kappa shape index (κ2) is 7.61. The number of nitrogens with one attached hydrogen (secondary N) is 1. The largest absolute Gasteiger partial charge is 0.495 e. The molecule has 0 aromatic heterocycles. The first-order valence-electron chi connectivity index (χ1n) is 7.85. The van der Waals surface area contributed by atoms with Crippen molar-refractivity contribution in [2.75, 3.05) is 32.1 Å². The molecular formula is C17H26N2O3. The van der Waals surface area contributed by atoms with Crippen molar-refractivity contribution in [1.82, 2.24) is 4.90 Å². The molecule has 1 heterocycles. The van der Waals surface area contributed by atoms with E-state index < -0.39 is 0 Å². The van der Waals surface area contributed by atoms with E-state index in [1.807, 2.05) is 32.0 Å². The van der Waals surface area contributed by atoms with Crippen LogP contribution in [0.15, 0.2) is 18.2 Å². The number of benzene rings is 1.